The van der Waals surface area contributed by atoms with Gasteiger partial charge in [0.2, 0.25) is 5.91 Å². The van der Waals surface area contributed by atoms with Gasteiger partial charge in [-0.3, -0.25) is 15.1 Å². The Morgan fingerprint density at radius 1 is 1.13 bits per heavy atom. The van der Waals surface area contributed by atoms with Gasteiger partial charge >= 0.3 is 0 Å². The third-order valence-electron chi connectivity index (χ3n) is 6.70. The number of benzene rings is 1. The summed E-state index contributed by atoms with van der Waals surface area (Å²) in [6, 6.07) is 8.34. The molecule has 5 nitrogen and oxygen atoms in total. The molecule has 2 aromatic rings. The second kappa shape index (κ2) is 10.2. The predicted molar refractivity (Wildman–Crippen MR) is 122 cm³/mol. The number of pyridine rings is 1. The molecule has 162 valence electrons. The van der Waals surface area contributed by atoms with Crippen molar-refractivity contribution in [1.82, 2.24) is 15.6 Å². The van der Waals surface area contributed by atoms with Crippen molar-refractivity contribution >= 4 is 5.91 Å². The van der Waals surface area contributed by atoms with E-state index in [-0.39, 0.29) is 5.91 Å². The molecule has 0 aliphatic carbocycles. The highest BCUT2D eigenvalue weighted by Gasteiger charge is 2.39. The quantitative estimate of drug-likeness (QED) is 0.595. The van der Waals surface area contributed by atoms with E-state index < -0.39 is 5.54 Å². The largest absolute Gasteiger partial charge is 0.368 e. The second-order valence-corrected chi connectivity index (χ2v) is 8.79. The molecule has 1 saturated heterocycles. The molecule has 0 spiro atoms. The number of carbonyl (C=O) groups excluding carboxylic acids is 1. The summed E-state index contributed by atoms with van der Waals surface area (Å²) >= 11 is 0. The smallest absolute Gasteiger partial charge is 0.242 e. The van der Waals surface area contributed by atoms with Crippen molar-refractivity contribution in [3.05, 3.63) is 64.5 Å². The Morgan fingerprint density at radius 2 is 1.80 bits per heavy atom. The van der Waals surface area contributed by atoms with Gasteiger partial charge in [-0.1, -0.05) is 12.1 Å². The van der Waals surface area contributed by atoms with Crippen molar-refractivity contribution in [2.24, 2.45) is 11.7 Å². The van der Waals surface area contributed by atoms with E-state index in [1.54, 1.807) is 12.4 Å². The maximum atomic E-state index is 13.0. The van der Waals surface area contributed by atoms with Gasteiger partial charge in [-0.05, 0) is 118 Å². The summed E-state index contributed by atoms with van der Waals surface area (Å²) in [5.41, 5.74) is 11.0. The van der Waals surface area contributed by atoms with Crippen molar-refractivity contribution in [3.63, 3.8) is 0 Å². The van der Waals surface area contributed by atoms with Crippen LogP contribution in [0, 0.1) is 26.7 Å². The molecule has 5 heteroatoms. The van der Waals surface area contributed by atoms with Crippen LogP contribution in [0.5, 0.6) is 0 Å². The molecule has 1 unspecified atom stereocenters. The SMILES string of the molecule is Cc1cc(C)c(C(CCc2ccncc2)(NCCC2CCNCC2)C(N)=O)cc1C. The lowest BCUT2D eigenvalue weighted by Gasteiger charge is -2.35. The van der Waals surface area contributed by atoms with Crippen LogP contribution in [0.25, 0.3) is 0 Å². The molecule has 1 fully saturated rings. The Kier molecular flexibility index (Phi) is 7.62. The average molecular weight is 409 g/mol. The highest BCUT2D eigenvalue weighted by Crippen LogP contribution is 2.32. The summed E-state index contributed by atoms with van der Waals surface area (Å²) in [6.07, 6.45) is 8.45. The fourth-order valence-corrected chi connectivity index (χ4v) is 4.62. The van der Waals surface area contributed by atoms with E-state index in [2.05, 4.69) is 48.5 Å². The minimum atomic E-state index is -0.876. The monoisotopic (exact) mass is 408 g/mol. The Labute approximate surface area is 180 Å². The number of hydrogen-bond acceptors (Lipinski definition) is 4. The van der Waals surface area contributed by atoms with Crippen LogP contribution < -0.4 is 16.4 Å². The van der Waals surface area contributed by atoms with E-state index in [9.17, 15) is 4.79 Å². The third-order valence-corrected chi connectivity index (χ3v) is 6.70. The van der Waals surface area contributed by atoms with Crippen molar-refractivity contribution < 1.29 is 4.79 Å². The normalized spacial score (nSPS) is 16.9. The van der Waals surface area contributed by atoms with Gasteiger partial charge in [0.05, 0.1) is 0 Å². The zero-order valence-electron chi connectivity index (χ0n) is 18.6. The van der Waals surface area contributed by atoms with Crippen LogP contribution >= 0.6 is 0 Å². The fourth-order valence-electron chi connectivity index (χ4n) is 4.62. The molecule has 4 N–H and O–H groups in total. The topological polar surface area (TPSA) is 80.0 Å². The molecule has 1 atom stereocenters. The van der Waals surface area contributed by atoms with Gasteiger partial charge in [-0.25, -0.2) is 0 Å². The summed E-state index contributed by atoms with van der Waals surface area (Å²) in [5.74, 6) is 0.401. The number of aromatic nitrogens is 1. The van der Waals surface area contributed by atoms with Crippen molar-refractivity contribution in [3.8, 4) is 0 Å². The molecule has 2 heterocycles. The number of carbonyl (C=O) groups is 1. The molecular formula is C25H36N4O. The number of rotatable bonds is 9. The van der Waals surface area contributed by atoms with Crippen LogP contribution in [-0.4, -0.2) is 30.5 Å². The third kappa shape index (κ3) is 5.27. The highest BCUT2D eigenvalue weighted by atomic mass is 16.1. The number of amides is 1. The first-order valence-electron chi connectivity index (χ1n) is 11.2. The number of hydrogen-bond donors (Lipinski definition) is 3. The molecule has 1 amide bonds. The Hall–Kier alpha value is -2.24. The molecule has 0 saturated carbocycles. The van der Waals surface area contributed by atoms with Crippen LogP contribution in [0.4, 0.5) is 0 Å². The number of nitrogens with two attached hydrogens (primary N) is 1. The minimum absolute atomic E-state index is 0.298. The van der Waals surface area contributed by atoms with Crippen LogP contribution in [-0.2, 0) is 16.8 Å². The average Bonchev–Trinajstić information content (AvgIpc) is 2.75. The maximum absolute atomic E-state index is 13.0. The fraction of sp³-hybridized carbons (Fsp3) is 0.520. The lowest BCUT2D eigenvalue weighted by atomic mass is 9.79. The second-order valence-electron chi connectivity index (χ2n) is 8.79. The summed E-state index contributed by atoms with van der Waals surface area (Å²) in [6.45, 7) is 9.26. The van der Waals surface area contributed by atoms with Gasteiger partial charge in [-0.2, -0.15) is 0 Å². The van der Waals surface area contributed by atoms with E-state index in [4.69, 9.17) is 5.73 Å². The summed E-state index contributed by atoms with van der Waals surface area (Å²) in [4.78, 5) is 17.1. The number of nitrogens with zero attached hydrogens (tertiary/aromatic N) is 1. The number of aryl methyl sites for hydroxylation is 4. The molecule has 3 rings (SSSR count). The summed E-state index contributed by atoms with van der Waals surface area (Å²) < 4.78 is 0. The van der Waals surface area contributed by atoms with Crippen molar-refractivity contribution in [2.75, 3.05) is 19.6 Å². The highest BCUT2D eigenvalue weighted by molar-refractivity contribution is 5.87. The van der Waals surface area contributed by atoms with E-state index in [1.165, 1.54) is 24.0 Å². The molecule has 1 aromatic heterocycles. The van der Waals surface area contributed by atoms with Crippen LogP contribution in [0.3, 0.4) is 0 Å². The molecule has 0 radical (unpaired) electrons. The molecule has 1 aromatic carbocycles. The number of piperidine rings is 1. The van der Waals surface area contributed by atoms with E-state index in [1.807, 2.05) is 12.1 Å². The Balaban J connectivity index is 1.88. The Bertz CT molecular complexity index is 846. The lowest BCUT2D eigenvalue weighted by Crippen LogP contribution is -2.54. The first kappa shape index (κ1) is 22.4. The van der Waals surface area contributed by atoms with Gasteiger partial charge in [0.15, 0.2) is 0 Å². The zero-order chi connectivity index (χ0) is 21.6. The molecule has 30 heavy (non-hydrogen) atoms. The standard InChI is InChI=1S/C25H36N4O/c1-18-16-20(3)23(17-19(18)2)25(24(26)30,10-4-21-5-11-27-12-6-21)29-15-9-22-7-13-28-14-8-22/h5-6,11-12,16-17,22,28-29H,4,7-10,13-15H2,1-3H3,(H2,26,30). The minimum Gasteiger partial charge on any atom is -0.368 e. The molecule has 1 aliphatic heterocycles. The zero-order valence-corrected chi connectivity index (χ0v) is 18.6. The van der Waals surface area contributed by atoms with Crippen LogP contribution in [0.15, 0.2) is 36.7 Å². The van der Waals surface area contributed by atoms with Crippen LogP contribution in [0.2, 0.25) is 0 Å². The first-order chi connectivity index (χ1) is 14.4. The van der Waals surface area contributed by atoms with Crippen molar-refractivity contribution in [2.45, 2.75) is 58.4 Å². The van der Waals surface area contributed by atoms with Crippen molar-refractivity contribution in [1.29, 1.82) is 0 Å². The van der Waals surface area contributed by atoms with Gasteiger partial charge < -0.3 is 11.1 Å². The maximum Gasteiger partial charge on any atom is 0.242 e. The number of nitrogens with one attached hydrogen (secondary N) is 2. The van der Waals surface area contributed by atoms with Gasteiger partial charge in [0, 0.05) is 12.4 Å². The summed E-state index contributed by atoms with van der Waals surface area (Å²) in [7, 11) is 0. The van der Waals surface area contributed by atoms with E-state index >= 15 is 0 Å². The molecular weight excluding hydrogens is 372 g/mol. The molecule has 0 bridgehead atoms. The van der Waals surface area contributed by atoms with Crippen LogP contribution in [0.1, 0.15) is 53.5 Å². The molecule has 1 aliphatic rings. The van der Waals surface area contributed by atoms with E-state index in [0.717, 1.165) is 49.2 Å². The van der Waals surface area contributed by atoms with Gasteiger partial charge in [0.25, 0.3) is 0 Å². The number of primary amides is 1. The Morgan fingerprint density at radius 3 is 2.47 bits per heavy atom. The van der Waals surface area contributed by atoms with E-state index in [0.29, 0.717) is 12.3 Å². The van der Waals surface area contributed by atoms with Gasteiger partial charge in [-0.15, -0.1) is 0 Å². The summed E-state index contributed by atoms with van der Waals surface area (Å²) in [5, 5.41) is 7.07. The lowest BCUT2D eigenvalue weighted by molar-refractivity contribution is -0.125. The first-order valence-corrected chi connectivity index (χ1v) is 11.2. The predicted octanol–water partition coefficient (Wildman–Crippen LogP) is 3.30. The van der Waals surface area contributed by atoms with Gasteiger partial charge in [0.1, 0.15) is 5.54 Å².